The molecule has 2 aromatic rings. The van der Waals surface area contributed by atoms with Gasteiger partial charge in [0.1, 0.15) is 6.61 Å². The maximum atomic E-state index is 12.5. The fourth-order valence-electron chi connectivity index (χ4n) is 3.48. The summed E-state index contributed by atoms with van der Waals surface area (Å²) < 4.78 is 5.67. The first-order chi connectivity index (χ1) is 12.1. The molecule has 1 amide bonds. The highest BCUT2D eigenvalue weighted by molar-refractivity contribution is 5.79. The molecule has 25 heavy (non-hydrogen) atoms. The summed E-state index contributed by atoms with van der Waals surface area (Å²) in [6.07, 6.45) is 0.243. The van der Waals surface area contributed by atoms with Crippen molar-refractivity contribution in [2.75, 3.05) is 19.8 Å². The van der Waals surface area contributed by atoms with Crippen LogP contribution in [0.25, 0.3) is 11.1 Å². The molecule has 1 aliphatic rings. The zero-order chi connectivity index (χ0) is 17.8. The summed E-state index contributed by atoms with van der Waals surface area (Å²) in [5.41, 5.74) is 4.87. The van der Waals surface area contributed by atoms with E-state index in [-0.39, 0.29) is 24.7 Å². The van der Waals surface area contributed by atoms with E-state index in [2.05, 4.69) is 24.3 Å². The topological polar surface area (TPSA) is 49.8 Å². The SMILES string of the molecule is CC(C)N(CCCO)C(=O)OCC1c2ccccc2-c2ccccc21. The average Bonchev–Trinajstić information content (AvgIpc) is 2.94. The molecule has 0 aliphatic heterocycles. The highest BCUT2D eigenvalue weighted by atomic mass is 16.6. The second kappa shape index (κ2) is 7.70. The van der Waals surface area contributed by atoms with Crippen molar-refractivity contribution in [3.8, 4) is 11.1 Å². The number of fused-ring (bicyclic) bond motifs is 3. The van der Waals surface area contributed by atoms with Crippen LogP contribution < -0.4 is 0 Å². The summed E-state index contributed by atoms with van der Waals surface area (Å²) in [6, 6.07) is 16.7. The number of carbonyl (C=O) groups excluding carboxylic acids is 1. The van der Waals surface area contributed by atoms with Crippen LogP contribution in [-0.4, -0.2) is 41.9 Å². The van der Waals surface area contributed by atoms with Crippen LogP contribution in [0.3, 0.4) is 0 Å². The zero-order valence-electron chi connectivity index (χ0n) is 14.8. The van der Waals surface area contributed by atoms with Gasteiger partial charge < -0.3 is 14.7 Å². The van der Waals surface area contributed by atoms with Gasteiger partial charge in [-0.1, -0.05) is 48.5 Å². The van der Waals surface area contributed by atoms with Gasteiger partial charge in [-0.15, -0.1) is 0 Å². The van der Waals surface area contributed by atoms with Crippen molar-refractivity contribution in [3.05, 3.63) is 59.7 Å². The first-order valence-corrected chi connectivity index (χ1v) is 8.86. The van der Waals surface area contributed by atoms with Crippen LogP contribution in [0.2, 0.25) is 0 Å². The lowest BCUT2D eigenvalue weighted by Gasteiger charge is -2.26. The minimum absolute atomic E-state index is 0.0437. The lowest BCUT2D eigenvalue weighted by atomic mass is 9.98. The molecule has 4 heteroatoms. The van der Waals surface area contributed by atoms with E-state index in [1.165, 1.54) is 22.3 Å². The second-order valence-electron chi connectivity index (χ2n) is 6.67. The molecule has 2 aromatic carbocycles. The third-order valence-corrected chi connectivity index (χ3v) is 4.75. The number of carbonyl (C=O) groups is 1. The Bertz CT molecular complexity index is 696. The Morgan fingerprint density at radius 3 is 2.16 bits per heavy atom. The molecule has 1 N–H and O–H groups in total. The number of nitrogens with zero attached hydrogens (tertiary/aromatic N) is 1. The van der Waals surface area contributed by atoms with Crippen LogP contribution in [0, 0.1) is 0 Å². The van der Waals surface area contributed by atoms with Crippen LogP contribution in [0.5, 0.6) is 0 Å². The van der Waals surface area contributed by atoms with Crippen LogP contribution in [0.4, 0.5) is 4.79 Å². The normalized spacial score (nSPS) is 12.8. The highest BCUT2D eigenvalue weighted by Crippen LogP contribution is 2.44. The molecule has 0 spiro atoms. The van der Waals surface area contributed by atoms with Gasteiger partial charge in [0.15, 0.2) is 0 Å². The van der Waals surface area contributed by atoms with Crippen LogP contribution in [-0.2, 0) is 4.74 Å². The van der Waals surface area contributed by atoms with E-state index in [1.807, 2.05) is 38.1 Å². The third kappa shape index (κ3) is 3.54. The van der Waals surface area contributed by atoms with Gasteiger partial charge in [-0.25, -0.2) is 4.79 Å². The van der Waals surface area contributed by atoms with Gasteiger partial charge >= 0.3 is 6.09 Å². The Morgan fingerprint density at radius 2 is 1.64 bits per heavy atom. The van der Waals surface area contributed by atoms with E-state index >= 15 is 0 Å². The molecular weight excluding hydrogens is 314 g/mol. The molecular formula is C21H25NO3. The van der Waals surface area contributed by atoms with Gasteiger partial charge in [-0.05, 0) is 42.5 Å². The zero-order valence-corrected chi connectivity index (χ0v) is 14.8. The molecule has 132 valence electrons. The van der Waals surface area contributed by atoms with Gasteiger partial charge in [0.2, 0.25) is 0 Å². The summed E-state index contributed by atoms with van der Waals surface area (Å²) in [7, 11) is 0. The fraction of sp³-hybridized carbons (Fsp3) is 0.381. The number of benzene rings is 2. The summed E-state index contributed by atoms with van der Waals surface area (Å²) in [5.74, 6) is 0.0724. The Kier molecular flexibility index (Phi) is 5.39. The van der Waals surface area contributed by atoms with E-state index in [0.717, 1.165) is 0 Å². The number of amides is 1. The molecule has 0 aromatic heterocycles. The van der Waals surface area contributed by atoms with Gasteiger partial charge in [0, 0.05) is 25.1 Å². The molecule has 0 atom stereocenters. The molecule has 0 bridgehead atoms. The summed E-state index contributed by atoms with van der Waals surface area (Å²) in [5, 5.41) is 9.02. The van der Waals surface area contributed by atoms with Gasteiger partial charge in [-0.2, -0.15) is 0 Å². The number of ether oxygens (including phenoxy) is 1. The number of hydrogen-bond acceptors (Lipinski definition) is 3. The van der Waals surface area contributed by atoms with Crippen molar-refractivity contribution in [1.29, 1.82) is 0 Å². The highest BCUT2D eigenvalue weighted by Gasteiger charge is 2.29. The Morgan fingerprint density at radius 1 is 1.08 bits per heavy atom. The molecule has 0 fully saturated rings. The lowest BCUT2D eigenvalue weighted by Crippen LogP contribution is -2.39. The molecule has 0 heterocycles. The second-order valence-corrected chi connectivity index (χ2v) is 6.67. The first-order valence-electron chi connectivity index (χ1n) is 8.86. The largest absolute Gasteiger partial charge is 0.448 e. The molecule has 0 saturated carbocycles. The summed E-state index contributed by atoms with van der Waals surface area (Å²) >= 11 is 0. The Hall–Kier alpha value is -2.33. The van der Waals surface area contributed by atoms with Crippen molar-refractivity contribution < 1.29 is 14.6 Å². The summed E-state index contributed by atoms with van der Waals surface area (Å²) in [6.45, 7) is 4.82. The van der Waals surface area contributed by atoms with Crippen LogP contribution >= 0.6 is 0 Å². The predicted octanol–water partition coefficient (Wildman–Crippen LogP) is 4.03. The maximum absolute atomic E-state index is 12.5. The van der Waals surface area contributed by atoms with Crippen molar-refractivity contribution in [2.45, 2.75) is 32.2 Å². The Balaban J connectivity index is 1.76. The molecule has 4 nitrogen and oxygen atoms in total. The number of aliphatic hydroxyl groups is 1. The fourth-order valence-corrected chi connectivity index (χ4v) is 3.48. The molecule has 1 aliphatic carbocycles. The Labute approximate surface area is 149 Å². The first kappa shape index (κ1) is 17.5. The molecule has 0 saturated heterocycles. The van der Waals surface area contributed by atoms with Crippen molar-refractivity contribution in [2.24, 2.45) is 0 Å². The quantitative estimate of drug-likeness (QED) is 0.864. The van der Waals surface area contributed by atoms with E-state index in [1.54, 1.807) is 4.90 Å². The van der Waals surface area contributed by atoms with Gasteiger partial charge in [0.25, 0.3) is 0 Å². The molecule has 0 radical (unpaired) electrons. The number of hydrogen-bond donors (Lipinski definition) is 1. The van der Waals surface area contributed by atoms with E-state index in [4.69, 9.17) is 9.84 Å². The standard InChI is InChI=1S/C21H25NO3/c1-15(2)22(12-7-13-23)21(24)25-14-20-18-10-5-3-8-16(18)17-9-4-6-11-19(17)20/h3-6,8-11,15,20,23H,7,12-14H2,1-2H3. The van der Waals surface area contributed by atoms with Gasteiger partial charge in [0.05, 0.1) is 0 Å². The molecule has 3 rings (SSSR count). The minimum Gasteiger partial charge on any atom is -0.448 e. The summed E-state index contributed by atoms with van der Waals surface area (Å²) in [4.78, 5) is 14.2. The van der Waals surface area contributed by atoms with E-state index in [9.17, 15) is 4.79 Å². The van der Waals surface area contributed by atoms with Crippen LogP contribution in [0.15, 0.2) is 48.5 Å². The predicted molar refractivity (Wildman–Crippen MR) is 98.6 cm³/mol. The number of rotatable bonds is 6. The monoisotopic (exact) mass is 339 g/mol. The van der Waals surface area contributed by atoms with Crippen molar-refractivity contribution in [1.82, 2.24) is 4.90 Å². The average molecular weight is 339 g/mol. The lowest BCUT2D eigenvalue weighted by molar-refractivity contribution is 0.0864. The minimum atomic E-state index is -0.315. The third-order valence-electron chi connectivity index (χ3n) is 4.75. The van der Waals surface area contributed by atoms with Crippen LogP contribution in [0.1, 0.15) is 37.3 Å². The smallest absolute Gasteiger partial charge is 0.410 e. The maximum Gasteiger partial charge on any atom is 0.410 e. The van der Waals surface area contributed by atoms with Crippen molar-refractivity contribution in [3.63, 3.8) is 0 Å². The van der Waals surface area contributed by atoms with Crippen molar-refractivity contribution >= 4 is 6.09 Å². The number of aliphatic hydroxyl groups excluding tert-OH is 1. The van der Waals surface area contributed by atoms with Gasteiger partial charge in [-0.3, -0.25) is 0 Å². The van der Waals surface area contributed by atoms with E-state index in [0.29, 0.717) is 19.6 Å². The van der Waals surface area contributed by atoms with E-state index < -0.39 is 0 Å². The molecule has 0 unspecified atom stereocenters.